The lowest BCUT2D eigenvalue weighted by Crippen LogP contribution is -2.37. The number of amides is 1. The fourth-order valence-corrected chi connectivity index (χ4v) is 4.58. The molecule has 6 nitrogen and oxygen atoms in total. The van der Waals surface area contributed by atoms with Crippen molar-refractivity contribution in [1.82, 2.24) is 4.98 Å². The SMILES string of the molecule is CN(C(=O)C(CC(=O)O)CC1CCCCO1)c1nc(-c2cc(Cl)ccc2Cl)cs1. The molecule has 0 bridgehead atoms. The third-order valence-corrected chi connectivity index (χ3v) is 6.39. The maximum absolute atomic E-state index is 13.0. The Kier molecular flexibility index (Phi) is 7.51. The van der Waals surface area contributed by atoms with Crippen molar-refractivity contribution >= 4 is 51.5 Å². The average molecular weight is 457 g/mol. The van der Waals surface area contributed by atoms with Crippen LogP contribution in [0.2, 0.25) is 10.0 Å². The predicted molar refractivity (Wildman–Crippen MR) is 115 cm³/mol. The van der Waals surface area contributed by atoms with Gasteiger partial charge in [0, 0.05) is 29.6 Å². The van der Waals surface area contributed by atoms with Crippen LogP contribution in [0.15, 0.2) is 23.6 Å². The number of thiazole rings is 1. The van der Waals surface area contributed by atoms with E-state index >= 15 is 0 Å². The topological polar surface area (TPSA) is 79.7 Å². The van der Waals surface area contributed by atoms with Crippen molar-refractivity contribution in [2.24, 2.45) is 5.92 Å². The Morgan fingerprint density at radius 3 is 2.86 bits per heavy atom. The molecule has 1 fully saturated rings. The number of benzene rings is 1. The van der Waals surface area contributed by atoms with E-state index in [-0.39, 0.29) is 18.4 Å². The number of carbonyl (C=O) groups is 2. The van der Waals surface area contributed by atoms with Crippen LogP contribution in [0, 0.1) is 5.92 Å². The molecule has 1 saturated heterocycles. The van der Waals surface area contributed by atoms with E-state index in [2.05, 4.69) is 4.98 Å². The molecule has 1 amide bonds. The standard InChI is InChI=1S/C20H22Cl2N2O4S/c1-24(19(27)12(9-18(25)26)8-14-4-2-3-7-28-14)20-23-17(11-29-20)15-10-13(21)5-6-16(15)22/h5-6,10-12,14H,2-4,7-9H2,1H3,(H,25,26). The molecular weight excluding hydrogens is 435 g/mol. The number of aliphatic carboxylic acids is 1. The fourth-order valence-electron chi connectivity index (χ4n) is 3.40. The molecule has 9 heteroatoms. The molecule has 156 valence electrons. The number of ether oxygens (including phenoxy) is 1. The maximum atomic E-state index is 13.0. The van der Waals surface area contributed by atoms with Crippen molar-refractivity contribution < 1.29 is 19.4 Å². The van der Waals surface area contributed by atoms with Crippen LogP contribution < -0.4 is 4.90 Å². The molecule has 1 N–H and O–H groups in total. The zero-order valence-electron chi connectivity index (χ0n) is 15.9. The quantitative estimate of drug-likeness (QED) is 0.624. The van der Waals surface area contributed by atoms with Gasteiger partial charge in [-0.2, -0.15) is 0 Å². The molecular formula is C20H22Cl2N2O4S. The highest BCUT2D eigenvalue weighted by Gasteiger charge is 2.30. The lowest BCUT2D eigenvalue weighted by atomic mass is 9.93. The minimum atomic E-state index is -1.00. The number of carbonyl (C=O) groups excluding carboxylic acids is 1. The van der Waals surface area contributed by atoms with Crippen LogP contribution in [0.4, 0.5) is 5.13 Å². The van der Waals surface area contributed by atoms with E-state index in [0.29, 0.717) is 39.5 Å². The van der Waals surface area contributed by atoms with Gasteiger partial charge in [0.25, 0.3) is 0 Å². The van der Waals surface area contributed by atoms with Gasteiger partial charge in [0.05, 0.1) is 29.2 Å². The lowest BCUT2D eigenvalue weighted by molar-refractivity contribution is -0.141. The fraction of sp³-hybridized carbons (Fsp3) is 0.450. The van der Waals surface area contributed by atoms with E-state index in [1.165, 1.54) is 16.2 Å². The molecule has 3 rings (SSSR count). The molecule has 1 aromatic carbocycles. The van der Waals surface area contributed by atoms with Crippen LogP contribution in [0.1, 0.15) is 32.1 Å². The first-order valence-electron chi connectivity index (χ1n) is 9.37. The number of carboxylic acid groups (broad SMARTS) is 1. The highest BCUT2D eigenvalue weighted by Crippen LogP contribution is 2.34. The number of rotatable bonds is 7. The van der Waals surface area contributed by atoms with Crippen LogP contribution in [-0.4, -0.2) is 41.7 Å². The molecule has 1 aliphatic heterocycles. The van der Waals surface area contributed by atoms with E-state index in [4.69, 9.17) is 27.9 Å². The molecule has 0 spiro atoms. The second-order valence-electron chi connectivity index (χ2n) is 7.06. The summed E-state index contributed by atoms with van der Waals surface area (Å²) in [4.78, 5) is 30.3. The third-order valence-electron chi connectivity index (χ3n) is 4.91. The molecule has 0 radical (unpaired) electrons. The number of anilines is 1. The summed E-state index contributed by atoms with van der Waals surface area (Å²) < 4.78 is 5.71. The summed E-state index contributed by atoms with van der Waals surface area (Å²) in [6, 6.07) is 5.11. The molecule has 1 aromatic heterocycles. The highest BCUT2D eigenvalue weighted by molar-refractivity contribution is 7.14. The Hall–Kier alpha value is -1.67. The van der Waals surface area contributed by atoms with Gasteiger partial charge in [-0.3, -0.25) is 14.5 Å². The van der Waals surface area contributed by atoms with Crippen LogP contribution >= 0.6 is 34.5 Å². The van der Waals surface area contributed by atoms with Gasteiger partial charge >= 0.3 is 5.97 Å². The summed E-state index contributed by atoms with van der Waals surface area (Å²) in [5.41, 5.74) is 1.29. The minimum Gasteiger partial charge on any atom is -0.481 e. The van der Waals surface area contributed by atoms with Gasteiger partial charge in [-0.15, -0.1) is 11.3 Å². The summed E-state index contributed by atoms with van der Waals surface area (Å²) >= 11 is 13.6. The zero-order valence-corrected chi connectivity index (χ0v) is 18.3. The number of halogens is 2. The normalized spacial score (nSPS) is 17.7. The van der Waals surface area contributed by atoms with E-state index < -0.39 is 11.9 Å². The van der Waals surface area contributed by atoms with Gasteiger partial charge in [-0.1, -0.05) is 23.2 Å². The monoisotopic (exact) mass is 456 g/mol. The first-order chi connectivity index (χ1) is 13.8. The molecule has 2 atom stereocenters. The number of carboxylic acids is 1. The van der Waals surface area contributed by atoms with Crippen molar-refractivity contribution in [1.29, 1.82) is 0 Å². The van der Waals surface area contributed by atoms with Crippen LogP contribution in [-0.2, 0) is 14.3 Å². The molecule has 2 aromatic rings. The number of hydrogen-bond acceptors (Lipinski definition) is 5. The zero-order chi connectivity index (χ0) is 21.0. The van der Waals surface area contributed by atoms with Crippen molar-refractivity contribution in [3.63, 3.8) is 0 Å². The van der Waals surface area contributed by atoms with Crippen molar-refractivity contribution in [3.05, 3.63) is 33.6 Å². The molecule has 29 heavy (non-hydrogen) atoms. The summed E-state index contributed by atoms with van der Waals surface area (Å²) in [7, 11) is 1.61. The van der Waals surface area contributed by atoms with Crippen LogP contribution in [0.5, 0.6) is 0 Å². The minimum absolute atomic E-state index is 0.0810. The number of hydrogen-bond donors (Lipinski definition) is 1. The first-order valence-corrected chi connectivity index (χ1v) is 11.0. The first kappa shape index (κ1) is 22.0. The van der Waals surface area contributed by atoms with Crippen molar-refractivity contribution in [2.75, 3.05) is 18.6 Å². The Morgan fingerprint density at radius 2 is 2.17 bits per heavy atom. The summed E-state index contributed by atoms with van der Waals surface area (Å²) in [5, 5.41) is 12.6. The van der Waals surface area contributed by atoms with Crippen LogP contribution in [0.25, 0.3) is 11.3 Å². The largest absolute Gasteiger partial charge is 0.481 e. The van der Waals surface area contributed by atoms with E-state index in [1.807, 2.05) is 0 Å². The van der Waals surface area contributed by atoms with Gasteiger partial charge in [-0.05, 0) is 43.9 Å². The second-order valence-corrected chi connectivity index (χ2v) is 8.74. The second kappa shape index (κ2) is 9.89. The highest BCUT2D eigenvalue weighted by atomic mass is 35.5. The Labute approximate surface area is 183 Å². The van der Waals surface area contributed by atoms with Crippen molar-refractivity contribution in [3.8, 4) is 11.3 Å². The van der Waals surface area contributed by atoms with Crippen LogP contribution in [0.3, 0.4) is 0 Å². The number of nitrogens with zero attached hydrogens (tertiary/aromatic N) is 2. The van der Waals surface area contributed by atoms with E-state index in [9.17, 15) is 14.7 Å². The Bertz CT molecular complexity index is 883. The van der Waals surface area contributed by atoms with Gasteiger partial charge in [0.1, 0.15) is 0 Å². The molecule has 0 saturated carbocycles. The maximum Gasteiger partial charge on any atom is 0.304 e. The van der Waals surface area contributed by atoms with Gasteiger partial charge in [0.2, 0.25) is 5.91 Å². The Balaban J connectivity index is 1.77. The van der Waals surface area contributed by atoms with E-state index in [1.54, 1.807) is 30.6 Å². The summed E-state index contributed by atoms with van der Waals surface area (Å²) in [5.74, 6) is -1.94. The van der Waals surface area contributed by atoms with E-state index in [0.717, 1.165) is 19.3 Å². The molecule has 1 aliphatic rings. The van der Waals surface area contributed by atoms with Crippen molar-refractivity contribution in [2.45, 2.75) is 38.2 Å². The lowest BCUT2D eigenvalue weighted by Gasteiger charge is -2.27. The average Bonchev–Trinajstić information content (AvgIpc) is 3.18. The predicted octanol–water partition coefficient (Wildman–Crippen LogP) is 5.13. The molecule has 0 aliphatic carbocycles. The summed E-state index contributed by atoms with van der Waals surface area (Å²) in [6.45, 7) is 0.657. The summed E-state index contributed by atoms with van der Waals surface area (Å²) in [6.07, 6.45) is 2.96. The third kappa shape index (κ3) is 5.69. The number of aromatic nitrogens is 1. The van der Waals surface area contributed by atoms with Gasteiger partial charge in [0.15, 0.2) is 5.13 Å². The Morgan fingerprint density at radius 1 is 1.38 bits per heavy atom. The van der Waals surface area contributed by atoms with Gasteiger partial charge < -0.3 is 9.84 Å². The molecule has 2 heterocycles. The molecule has 2 unspecified atom stereocenters. The smallest absolute Gasteiger partial charge is 0.304 e. The van der Waals surface area contributed by atoms with Gasteiger partial charge in [-0.25, -0.2) is 4.98 Å².